The number of aliphatic carboxylic acids is 1. The van der Waals surface area contributed by atoms with Crippen LogP contribution < -0.4 is 22.1 Å². The summed E-state index contributed by atoms with van der Waals surface area (Å²) in [7, 11) is 0. The number of ether oxygens (including phenoxy) is 1. The number of nitrogens with one attached hydrogen (secondary N) is 2. The molecule has 1 aliphatic rings. The Hall–Kier alpha value is -3.83. The summed E-state index contributed by atoms with van der Waals surface area (Å²) >= 11 is 0. The van der Waals surface area contributed by atoms with Crippen molar-refractivity contribution in [2.45, 2.75) is 44.8 Å². The maximum absolute atomic E-state index is 12.2. The summed E-state index contributed by atoms with van der Waals surface area (Å²) in [4.78, 5) is 44.4. The Labute approximate surface area is 185 Å². The SMILES string of the molecule is CCCCOC(=O)N[C@@H](CNC(=O)CC1CC(c2ccc(N=C(N)N)cc2)=NO1)C(=O)O. The number of guanidine groups is 1. The Bertz CT molecular complexity index is 866. The highest BCUT2D eigenvalue weighted by atomic mass is 16.6. The average molecular weight is 448 g/mol. The second-order valence-corrected chi connectivity index (χ2v) is 7.09. The van der Waals surface area contributed by atoms with Gasteiger partial charge in [-0.2, -0.15) is 0 Å². The van der Waals surface area contributed by atoms with Crippen molar-refractivity contribution in [1.29, 1.82) is 0 Å². The average Bonchev–Trinajstić information content (AvgIpc) is 3.19. The van der Waals surface area contributed by atoms with E-state index in [0.29, 0.717) is 24.2 Å². The molecule has 0 radical (unpaired) electrons. The number of hydrogen-bond donors (Lipinski definition) is 5. The Morgan fingerprint density at radius 3 is 2.66 bits per heavy atom. The first-order valence-corrected chi connectivity index (χ1v) is 10.1. The van der Waals surface area contributed by atoms with E-state index in [1.54, 1.807) is 24.3 Å². The Morgan fingerprint density at radius 1 is 1.31 bits per heavy atom. The van der Waals surface area contributed by atoms with Gasteiger partial charge in [0.15, 0.2) is 5.96 Å². The molecule has 0 bridgehead atoms. The second-order valence-electron chi connectivity index (χ2n) is 7.09. The molecule has 0 spiro atoms. The van der Waals surface area contributed by atoms with Gasteiger partial charge in [0.25, 0.3) is 0 Å². The minimum absolute atomic E-state index is 0.0215. The number of benzene rings is 1. The number of carbonyl (C=O) groups is 3. The molecule has 174 valence electrons. The first kappa shape index (κ1) is 24.4. The monoisotopic (exact) mass is 448 g/mol. The fourth-order valence-corrected chi connectivity index (χ4v) is 2.77. The van der Waals surface area contributed by atoms with Crippen molar-refractivity contribution in [3.05, 3.63) is 29.8 Å². The molecule has 1 heterocycles. The molecular formula is C20H28N6O6. The molecule has 0 saturated carbocycles. The number of oxime groups is 1. The van der Waals surface area contributed by atoms with E-state index in [2.05, 4.69) is 20.8 Å². The van der Waals surface area contributed by atoms with E-state index < -0.39 is 30.1 Å². The number of unbranched alkanes of at least 4 members (excludes halogenated alkanes) is 1. The maximum Gasteiger partial charge on any atom is 0.407 e. The van der Waals surface area contributed by atoms with Gasteiger partial charge in [0.2, 0.25) is 5.91 Å². The van der Waals surface area contributed by atoms with Crippen LogP contribution >= 0.6 is 0 Å². The van der Waals surface area contributed by atoms with E-state index in [4.69, 9.17) is 21.0 Å². The summed E-state index contributed by atoms with van der Waals surface area (Å²) in [5.41, 5.74) is 12.8. The number of carboxylic acid groups (broad SMARTS) is 1. The molecule has 12 heteroatoms. The number of carbonyl (C=O) groups excluding carboxylic acids is 2. The number of nitrogens with two attached hydrogens (primary N) is 2. The number of nitrogens with zero attached hydrogens (tertiary/aromatic N) is 2. The van der Waals surface area contributed by atoms with Crippen molar-refractivity contribution >= 4 is 35.3 Å². The lowest BCUT2D eigenvalue weighted by Crippen LogP contribution is -2.48. The van der Waals surface area contributed by atoms with Gasteiger partial charge >= 0.3 is 12.1 Å². The Balaban J connectivity index is 1.78. The molecule has 0 fully saturated rings. The van der Waals surface area contributed by atoms with Crippen LogP contribution in [0.3, 0.4) is 0 Å². The largest absolute Gasteiger partial charge is 0.480 e. The van der Waals surface area contributed by atoms with E-state index in [1.807, 2.05) is 6.92 Å². The quantitative estimate of drug-likeness (QED) is 0.184. The van der Waals surface area contributed by atoms with Gasteiger partial charge in [-0.1, -0.05) is 30.6 Å². The van der Waals surface area contributed by atoms with Crippen LogP contribution in [0.25, 0.3) is 0 Å². The molecule has 1 aromatic carbocycles. The van der Waals surface area contributed by atoms with E-state index in [-0.39, 0.29) is 25.5 Å². The summed E-state index contributed by atoms with van der Waals surface area (Å²) in [6.45, 7) is 1.84. The topological polar surface area (TPSA) is 191 Å². The van der Waals surface area contributed by atoms with Crippen LogP contribution in [0, 0.1) is 0 Å². The Morgan fingerprint density at radius 2 is 2.03 bits per heavy atom. The molecular weight excluding hydrogens is 420 g/mol. The minimum Gasteiger partial charge on any atom is -0.480 e. The Kier molecular flexibility index (Phi) is 9.26. The number of carboxylic acids is 1. The van der Waals surface area contributed by atoms with Crippen LogP contribution in [0.4, 0.5) is 10.5 Å². The van der Waals surface area contributed by atoms with E-state index in [9.17, 15) is 19.5 Å². The molecule has 0 aromatic heterocycles. The van der Waals surface area contributed by atoms with Crippen LogP contribution in [0.2, 0.25) is 0 Å². The summed E-state index contributed by atoms with van der Waals surface area (Å²) < 4.78 is 4.88. The van der Waals surface area contributed by atoms with Gasteiger partial charge in [-0.15, -0.1) is 0 Å². The standard InChI is InChI=1S/C20H28N6O6/c1-2-3-8-31-20(30)25-16(18(28)29)11-23-17(27)10-14-9-15(26-32-14)12-4-6-13(7-5-12)24-19(21)22/h4-7,14,16H,2-3,8-11H2,1H3,(H,23,27)(H,25,30)(H,28,29)(H4,21,22,24)/t14?,16-/m0/s1. The van der Waals surface area contributed by atoms with Crippen LogP contribution in [0.1, 0.15) is 38.2 Å². The predicted molar refractivity (Wildman–Crippen MR) is 116 cm³/mol. The molecule has 0 aliphatic carbocycles. The first-order chi connectivity index (χ1) is 15.3. The minimum atomic E-state index is -1.31. The molecule has 1 aliphatic heterocycles. The highest BCUT2D eigenvalue weighted by molar-refractivity contribution is 6.01. The third-order valence-electron chi connectivity index (χ3n) is 4.43. The molecule has 2 atom stereocenters. The number of rotatable bonds is 11. The van der Waals surface area contributed by atoms with Gasteiger partial charge in [0.1, 0.15) is 12.1 Å². The van der Waals surface area contributed by atoms with Gasteiger partial charge in [-0.05, 0) is 24.1 Å². The zero-order valence-electron chi connectivity index (χ0n) is 17.7. The van der Waals surface area contributed by atoms with Crippen LogP contribution in [-0.4, -0.2) is 60.0 Å². The molecule has 1 unspecified atom stereocenters. The zero-order valence-corrected chi connectivity index (χ0v) is 17.7. The number of aliphatic imine (C=N–C) groups is 1. The fourth-order valence-electron chi connectivity index (χ4n) is 2.77. The summed E-state index contributed by atoms with van der Waals surface area (Å²) in [6, 6.07) is 5.71. The number of amides is 2. The van der Waals surface area contributed by atoms with Crippen molar-refractivity contribution in [1.82, 2.24) is 10.6 Å². The molecule has 7 N–H and O–H groups in total. The third-order valence-corrected chi connectivity index (χ3v) is 4.43. The van der Waals surface area contributed by atoms with E-state index in [1.165, 1.54) is 0 Å². The van der Waals surface area contributed by atoms with Gasteiger partial charge < -0.3 is 36.8 Å². The van der Waals surface area contributed by atoms with Gasteiger partial charge in [-0.25, -0.2) is 14.6 Å². The second kappa shape index (κ2) is 12.1. The molecule has 32 heavy (non-hydrogen) atoms. The van der Waals surface area contributed by atoms with Crippen LogP contribution in [0.5, 0.6) is 0 Å². The van der Waals surface area contributed by atoms with Crippen LogP contribution in [0.15, 0.2) is 34.4 Å². The van der Waals surface area contributed by atoms with Crippen molar-refractivity contribution < 1.29 is 29.1 Å². The predicted octanol–water partition coefficient (Wildman–Crippen LogP) is 0.570. The van der Waals surface area contributed by atoms with Crippen molar-refractivity contribution in [3.63, 3.8) is 0 Å². The zero-order chi connectivity index (χ0) is 23.5. The molecule has 2 rings (SSSR count). The van der Waals surface area contributed by atoms with Crippen molar-refractivity contribution in [2.24, 2.45) is 21.6 Å². The maximum atomic E-state index is 12.2. The van der Waals surface area contributed by atoms with Crippen molar-refractivity contribution in [2.75, 3.05) is 13.2 Å². The smallest absolute Gasteiger partial charge is 0.407 e. The van der Waals surface area contributed by atoms with E-state index >= 15 is 0 Å². The summed E-state index contributed by atoms with van der Waals surface area (Å²) in [5.74, 6) is -1.76. The lowest BCUT2D eigenvalue weighted by atomic mass is 10.0. The van der Waals surface area contributed by atoms with Crippen molar-refractivity contribution in [3.8, 4) is 0 Å². The number of alkyl carbamates (subject to hydrolysis) is 1. The number of hydrogen-bond acceptors (Lipinski definition) is 7. The van der Waals surface area contributed by atoms with Gasteiger partial charge in [0, 0.05) is 13.0 Å². The highest BCUT2D eigenvalue weighted by Gasteiger charge is 2.26. The molecule has 12 nitrogen and oxygen atoms in total. The molecule has 1 aromatic rings. The van der Waals surface area contributed by atoms with Crippen LogP contribution in [-0.2, 0) is 19.2 Å². The van der Waals surface area contributed by atoms with Gasteiger partial charge in [-0.3, -0.25) is 4.79 Å². The highest BCUT2D eigenvalue weighted by Crippen LogP contribution is 2.21. The molecule has 0 saturated heterocycles. The third kappa shape index (κ3) is 8.13. The first-order valence-electron chi connectivity index (χ1n) is 10.1. The lowest BCUT2D eigenvalue weighted by Gasteiger charge is -2.16. The van der Waals surface area contributed by atoms with E-state index in [0.717, 1.165) is 12.0 Å². The molecule has 2 amide bonds. The summed E-state index contributed by atoms with van der Waals surface area (Å²) in [6.07, 6.45) is 0.559. The normalized spacial score (nSPS) is 15.7. The summed E-state index contributed by atoms with van der Waals surface area (Å²) in [5, 5.41) is 17.9. The van der Waals surface area contributed by atoms with Gasteiger partial charge in [0.05, 0.1) is 24.4 Å². The fraction of sp³-hybridized carbons (Fsp3) is 0.450. The lowest BCUT2D eigenvalue weighted by molar-refractivity contribution is -0.139.